The van der Waals surface area contributed by atoms with Gasteiger partial charge in [0.1, 0.15) is 0 Å². The van der Waals surface area contributed by atoms with Crippen molar-refractivity contribution >= 4 is 28.5 Å². The summed E-state index contributed by atoms with van der Waals surface area (Å²) in [6.07, 6.45) is 2.64. The number of nitrogens with zero attached hydrogens (tertiary/aromatic N) is 1. The first-order valence-corrected chi connectivity index (χ1v) is 8.20. The molecule has 1 amide bonds. The predicted molar refractivity (Wildman–Crippen MR) is 85.8 cm³/mol. The van der Waals surface area contributed by atoms with Crippen LogP contribution >= 0.6 is 22.6 Å². The Bertz CT molecular complexity index is 495. The first kappa shape index (κ1) is 14.3. The van der Waals surface area contributed by atoms with E-state index in [1.165, 1.54) is 19.4 Å². The zero-order chi connectivity index (χ0) is 13.9. The quantitative estimate of drug-likeness (QED) is 0.807. The molecule has 2 aliphatic rings. The molecule has 1 N–H and O–H groups in total. The van der Waals surface area contributed by atoms with Crippen LogP contribution in [0.1, 0.15) is 23.2 Å². The van der Waals surface area contributed by atoms with Gasteiger partial charge < -0.3 is 10.1 Å². The number of amides is 1. The summed E-state index contributed by atoms with van der Waals surface area (Å²) in [7, 11) is 0. The zero-order valence-electron chi connectivity index (χ0n) is 11.3. The van der Waals surface area contributed by atoms with Gasteiger partial charge in [0.25, 0.3) is 5.91 Å². The van der Waals surface area contributed by atoms with Crippen LogP contribution in [0.2, 0.25) is 0 Å². The molecule has 1 aromatic carbocycles. The molecule has 108 valence electrons. The molecule has 1 aromatic rings. The number of ether oxygens (including phenoxy) is 1. The maximum absolute atomic E-state index is 12.2. The Labute approximate surface area is 133 Å². The zero-order valence-corrected chi connectivity index (χ0v) is 13.5. The van der Waals surface area contributed by atoms with E-state index in [1.807, 2.05) is 24.3 Å². The summed E-state index contributed by atoms with van der Waals surface area (Å²) >= 11 is 2.19. The molecule has 0 aliphatic carbocycles. The van der Waals surface area contributed by atoms with Gasteiger partial charge in [-0.25, -0.2) is 0 Å². The lowest BCUT2D eigenvalue weighted by atomic mass is 10.1. The Hall–Kier alpha value is -0.660. The number of rotatable bonds is 3. The molecule has 2 fully saturated rings. The lowest BCUT2D eigenvalue weighted by Gasteiger charge is -2.35. The highest BCUT2D eigenvalue weighted by Crippen LogP contribution is 2.22. The van der Waals surface area contributed by atoms with Gasteiger partial charge in [0.15, 0.2) is 0 Å². The van der Waals surface area contributed by atoms with Gasteiger partial charge in [-0.05, 0) is 54.1 Å². The normalized spacial score (nSPS) is 26.2. The van der Waals surface area contributed by atoms with Gasteiger partial charge in [-0.15, -0.1) is 0 Å². The summed E-state index contributed by atoms with van der Waals surface area (Å²) in [4.78, 5) is 14.6. The standard InChI is InChI=1S/C15H19IN2O2/c16-14-6-2-1-5-13(14)15(19)17-8-12-9-18-7-3-4-11(18)10-20-12/h1-2,5-6,11-12H,3-4,7-10H2,(H,17,19)/t11-,12-/m1/s1. The molecule has 0 unspecified atom stereocenters. The minimum atomic E-state index is -0.0119. The number of morpholine rings is 1. The topological polar surface area (TPSA) is 41.6 Å². The van der Waals surface area contributed by atoms with E-state index in [4.69, 9.17) is 4.74 Å². The Morgan fingerprint density at radius 1 is 1.45 bits per heavy atom. The second-order valence-electron chi connectivity index (χ2n) is 5.44. The number of carbonyl (C=O) groups excluding carboxylic acids is 1. The van der Waals surface area contributed by atoms with Crippen molar-refractivity contribution in [1.82, 2.24) is 10.2 Å². The van der Waals surface area contributed by atoms with E-state index in [9.17, 15) is 4.79 Å². The fourth-order valence-electron chi connectivity index (χ4n) is 2.96. The molecule has 4 nitrogen and oxygen atoms in total. The van der Waals surface area contributed by atoms with E-state index in [0.717, 1.165) is 22.3 Å². The maximum Gasteiger partial charge on any atom is 0.252 e. The molecule has 2 atom stereocenters. The van der Waals surface area contributed by atoms with Crippen molar-refractivity contribution in [2.24, 2.45) is 0 Å². The van der Waals surface area contributed by atoms with E-state index in [-0.39, 0.29) is 12.0 Å². The Morgan fingerprint density at radius 2 is 2.30 bits per heavy atom. The van der Waals surface area contributed by atoms with Gasteiger partial charge in [-0.1, -0.05) is 12.1 Å². The monoisotopic (exact) mass is 386 g/mol. The number of halogens is 1. The van der Waals surface area contributed by atoms with Crippen LogP contribution < -0.4 is 5.32 Å². The molecular weight excluding hydrogens is 367 g/mol. The van der Waals surface area contributed by atoms with Crippen molar-refractivity contribution in [3.05, 3.63) is 33.4 Å². The summed E-state index contributed by atoms with van der Waals surface area (Å²) in [6, 6.07) is 8.24. The summed E-state index contributed by atoms with van der Waals surface area (Å²) in [5, 5.41) is 2.99. The van der Waals surface area contributed by atoms with Crippen LogP contribution in [0.25, 0.3) is 0 Å². The first-order chi connectivity index (χ1) is 9.74. The number of fused-ring (bicyclic) bond motifs is 1. The fourth-order valence-corrected chi connectivity index (χ4v) is 3.59. The van der Waals surface area contributed by atoms with E-state index >= 15 is 0 Å². The van der Waals surface area contributed by atoms with Gasteiger partial charge >= 0.3 is 0 Å². The van der Waals surface area contributed by atoms with Gasteiger partial charge in [0.2, 0.25) is 0 Å². The summed E-state index contributed by atoms with van der Waals surface area (Å²) in [5.41, 5.74) is 0.739. The number of hydrogen-bond acceptors (Lipinski definition) is 3. The van der Waals surface area contributed by atoms with Crippen molar-refractivity contribution < 1.29 is 9.53 Å². The van der Waals surface area contributed by atoms with Crippen molar-refractivity contribution in [3.63, 3.8) is 0 Å². The Morgan fingerprint density at radius 3 is 3.15 bits per heavy atom. The van der Waals surface area contributed by atoms with E-state index < -0.39 is 0 Å². The molecular formula is C15H19IN2O2. The van der Waals surface area contributed by atoms with Gasteiger partial charge in [-0.2, -0.15) is 0 Å². The highest BCUT2D eigenvalue weighted by Gasteiger charge is 2.32. The highest BCUT2D eigenvalue weighted by atomic mass is 127. The van der Waals surface area contributed by atoms with Gasteiger partial charge in [-0.3, -0.25) is 9.69 Å². The average molecular weight is 386 g/mol. The summed E-state index contributed by atoms with van der Waals surface area (Å²) in [6.45, 7) is 3.52. The fraction of sp³-hybridized carbons (Fsp3) is 0.533. The summed E-state index contributed by atoms with van der Waals surface area (Å²) < 4.78 is 6.83. The molecule has 3 rings (SSSR count). The molecule has 2 saturated heterocycles. The first-order valence-electron chi connectivity index (χ1n) is 7.12. The molecule has 0 radical (unpaired) electrons. The largest absolute Gasteiger partial charge is 0.373 e. The molecule has 0 aromatic heterocycles. The molecule has 0 spiro atoms. The van der Waals surface area contributed by atoms with E-state index in [2.05, 4.69) is 32.8 Å². The van der Waals surface area contributed by atoms with Crippen LogP contribution in [0.4, 0.5) is 0 Å². The molecule has 5 heteroatoms. The third-order valence-corrected chi connectivity index (χ3v) is 5.01. The third kappa shape index (κ3) is 3.15. The molecule has 0 saturated carbocycles. The Kier molecular flexibility index (Phi) is 4.58. The van der Waals surface area contributed by atoms with Gasteiger partial charge in [0.05, 0.1) is 18.3 Å². The second kappa shape index (κ2) is 6.41. The molecule has 2 aliphatic heterocycles. The summed E-state index contributed by atoms with van der Waals surface area (Å²) in [5.74, 6) is -0.0119. The molecule has 0 bridgehead atoms. The van der Waals surface area contributed by atoms with Crippen molar-refractivity contribution in [2.75, 3.05) is 26.2 Å². The molecule has 2 heterocycles. The van der Waals surface area contributed by atoms with Crippen molar-refractivity contribution in [2.45, 2.75) is 25.0 Å². The van der Waals surface area contributed by atoms with Gasteiger partial charge in [0, 0.05) is 22.7 Å². The average Bonchev–Trinajstić information content (AvgIpc) is 2.92. The van der Waals surface area contributed by atoms with E-state index in [1.54, 1.807) is 0 Å². The number of hydrogen-bond donors (Lipinski definition) is 1. The van der Waals surface area contributed by atoms with E-state index in [0.29, 0.717) is 12.6 Å². The number of benzene rings is 1. The lowest BCUT2D eigenvalue weighted by Crippen LogP contribution is -2.50. The molecule has 20 heavy (non-hydrogen) atoms. The second-order valence-corrected chi connectivity index (χ2v) is 6.60. The minimum absolute atomic E-state index is 0.0119. The maximum atomic E-state index is 12.2. The van der Waals surface area contributed by atoms with Crippen LogP contribution in [0.15, 0.2) is 24.3 Å². The Balaban J connectivity index is 1.52. The highest BCUT2D eigenvalue weighted by molar-refractivity contribution is 14.1. The van der Waals surface area contributed by atoms with Crippen LogP contribution in [0.5, 0.6) is 0 Å². The van der Waals surface area contributed by atoms with Crippen LogP contribution in [0.3, 0.4) is 0 Å². The van der Waals surface area contributed by atoms with Crippen molar-refractivity contribution in [1.29, 1.82) is 0 Å². The number of nitrogens with one attached hydrogen (secondary N) is 1. The predicted octanol–water partition coefficient (Wildman–Crippen LogP) is 1.88. The SMILES string of the molecule is O=C(NC[C@@H]1CN2CCC[C@@H]2CO1)c1ccccc1I. The lowest BCUT2D eigenvalue weighted by molar-refractivity contribution is -0.0461. The van der Waals surface area contributed by atoms with Crippen LogP contribution in [0, 0.1) is 3.57 Å². The minimum Gasteiger partial charge on any atom is -0.373 e. The van der Waals surface area contributed by atoms with Crippen LogP contribution in [-0.4, -0.2) is 49.2 Å². The van der Waals surface area contributed by atoms with Crippen LogP contribution in [-0.2, 0) is 4.74 Å². The smallest absolute Gasteiger partial charge is 0.252 e. The van der Waals surface area contributed by atoms with Crippen molar-refractivity contribution in [3.8, 4) is 0 Å². The number of carbonyl (C=O) groups is 1. The third-order valence-electron chi connectivity index (χ3n) is 4.07.